The summed E-state index contributed by atoms with van der Waals surface area (Å²) in [5.74, 6) is -0.862. The van der Waals surface area contributed by atoms with Gasteiger partial charge in [0.05, 0.1) is 11.9 Å². The number of carboxylic acid groups (broad SMARTS) is 1. The second kappa shape index (κ2) is 8.86. The van der Waals surface area contributed by atoms with Gasteiger partial charge in [-0.3, -0.25) is 0 Å². The highest BCUT2D eigenvalue weighted by molar-refractivity contribution is 7.89. The first kappa shape index (κ1) is 21.6. The van der Waals surface area contributed by atoms with Crippen LogP contribution in [0.15, 0.2) is 48.5 Å². The standard InChI is InChI=1S/C22H25NO7S/c24-17-11-19-21(15-7-4-8-18(22(15)30-19)29-13-20(25)26)16(17)12-23-31(27,28)10-9-14-5-2-1-3-6-14/h1-8,16-17,19,21,23-24H,9-13H2,(H,25,26). The molecule has 0 aromatic heterocycles. The van der Waals surface area contributed by atoms with E-state index in [9.17, 15) is 18.3 Å². The molecule has 4 atom stereocenters. The summed E-state index contributed by atoms with van der Waals surface area (Å²) in [6, 6.07) is 14.6. The lowest BCUT2D eigenvalue weighted by Crippen LogP contribution is -2.36. The summed E-state index contributed by atoms with van der Waals surface area (Å²) in [7, 11) is -3.51. The minimum absolute atomic E-state index is 0.0335. The molecular weight excluding hydrogens is 422 g/mol. The zero-order valence-corrected chi connectivity index (χ0v) is 17.6. The largest absolute Gasteiger partial charge is 0.485 e. The number of aliphatic carboxylic acids is 1. The van der Waals surface area contributed by atoms with Crippen molar-refractivity contribution in [3.8, 4) is 11.5 Å². The highest BCUT2D eigenvalue weighted by atomic mass is 32.2. The van der Waals surface area contributed by atoms with Crippen LogP contribution in [-0.2, 0) is 21.2 Å². The maximum atomic E-state index is 12.5. The summed E-state index contributed by atoms with van der Waals surface area (Å²) in [5.41, 5.74) is 1.75. The Morgan fingerprint density at radius 2 is 1.94 bits per heavy atom. The normalized spacial score (nSPS) is 24.3. The Labute approximate surface area is 180 Å². The number of nitrogens with one attached hydrogen (secondary N) is 1. The van der Waals surface area contributed by atoms with Crippen molar-refractivity contribution < 1.29 is 32.9 Å². The van der Waals surface area contributed by atoms with E-state index in [1.807, 2.05) is 36.4 Å². The predicted octanol–water partition coefficient (Wildman–Crippen LogP) is 1.54. The second-order valence-electron chi connectivity index (χ2n) is 7.91. The van der Waals surface area contributed by atoms with E-state index in [0.717, 1.165) is 11.1 Å². The minimum atomic E-state index is -3.51. The Hall–Kier alpha value is -2.62. The van der Waals surface area contributed by atoms with Gasteiger partial charge in [0, 0.05) is 30.4 Å². The van der Waals surface area contributed by atoms with Gasteiger partial charge in [-0.2, -0.15) is 0 Å². The van der Waals surface area contributed by atoms with Gasteiger partial charge >= 0.3 is 5.97 Å². The number of hydrogen-bond donors (Lipinski definition) is 3. The fraction of sp³-hybridized carbons (Fsp3) is 0.409. The number of benzene rings is 2. The number of aliphatic hydroxyl groups is 1. The fourth-order valence-electron chi connectivity index (χ4n) is 4.41. The predicted molar refractivity (Wildman–Crippen MR) is 113 cm³/mol. The lowest BCUT2D eigenvalue weighted by Gasteiger charge is -2.21. The van der Waals surface area contributed by atoms with Crippen LogP contribution in [0.1, 0.15) is 23.5 Å². The Balaban J connectivity index is 1.43. The number of ether oxygens (including phenoxy) is 2. The molecule has 1 aliphatic heterocycles. The molecule has 3 N–H and O–H groups in total. The van der Waals surface area contributed by atoms with Crippen LogP contribution < -0.4 is 14.2 Å². The third-order valence-electron chi connectivity index (χ3n) is 5.86. The van der Waals surface area contributed by atoms with Crippen LogP contribution in [0.3, 0.4) is 0 Å². The first-order valence-electron chi connectivity index (χ1n) is 10.2. The molecular formula is C22H25NO7S. The average molecular weight is 448 g/mol. The number of carboxylic acids is 1. The minimum Gasteiger partial charge on any atom is -0.485 e. The second-order valence-corrected chi connectivity index (χ2v) is 9.84. The highest BCUT2D eigenvalue weighted by Gasteiger charge is 2.50. The fourth-order valence-corrected chi connectivity index (χ4v) is 5.50. The van der Waals surface area contributed by atoms with Gasteiger partial charge < -0.3 is 19.7 Å². The summed E-state index contributed by atoms with van der Waals surface area (Å²) in [6.45, 7) is -0.384. The zero-order chi connectivity index (χ0) is 22.0. The number of para-hydroxylation sites is 1. The molecule has 1 fully saturated rings. The highest BCUT2D eigenvalue weighted by Crippen LogP contribution is 2.53. The van der Waals surface area contributed by atoms with Crippen LogP contribution in [0.5, 0.6) is 11.5 Å². The van der Waals surface area contributed by atoms with Crippen molar-refractivity contribution in [3.63, 3.8) is 0 Å². The average Bonchev–Trinajstić information content (AvgIpc) is 3.25. The summed E-state index contributed by atoms with van der Waals surface area (Å²) in [6.07, 6.45) is -0.234. The molecule has 0 radical (unpaired) electrons. The van der Waals surface area contributed by atoms with E-state index in [2.05, 4.69) is 4.72 Å². The van der Waals surface area contributed by atoms with E-state index in [0.29, 0.717) is 24.3 Å². The first-order chi connectivity index (χ1) is 14.8. The van der Waals surface area contributed by atoms with Crippen LogP contribution in [0.25, 0.3) is 0 Å². The van der Waals surface area contributed by atoms with Crippen molar-refractivity contribution in [2.24, 2.45) is 5.92 Å². The Morgan fingerprint density at radius 1 is 1.16 bits per heavy atom. The number of sulfonamides is 1. The van der Waals surface area contributed by atoms with Gasteiger partial charge in [0.1, 0.15) is 6.10 Å². The monoisotopic (exact) mass is 447 g/mol. The molecule has 8 nitrogen and oxygen atoms in total. The SMILES string of the molecule is O=C(O)COc1cccc2c1OC1CC(O)C(CNS(=O)(=O)CCc3ccccc3)C21. The van der Waals surface area contributed by atoms with E-state index in [1.54, 1.807) is 12.1 Å². The molecule has 0 spiro atoms. The van der Waals surface area contributed by atoms with Gasteiger partial charge in [0.25, 0.3) is 0 Å². The summed E-state index contributed by atoms with van der Waals surface area (Å²) < 4.78 is 39.0. The summed E-state index contributed by atoms with van der Waals surface area (Å²) in [4.78, 5) is 10.8. The number of aryl methyl sites for hydroxylation is 1. The van der Waals surface area contributed by atoms with Gasteiger partial charge in [-0.1, -0.05) is 42.5 Å². The molecule has 9 heteroatoms. The van der Waals surface area contributed by atoms with Crippen LogP contribution in [0.4, 0.5) is 0 Å². The smallest absolute Gasteiger partial charge is 0.341 e. The Bertz CT molecular complexity index is 1040. The van der Waals surface area contributed by atoms with Crippen molar-refractivity contribution in [2.45, 2.75) is 31.0 Å². The molecule has 1 heterocycles. The zero-order valence-electron chi connectivity index (χ0n) is 16.8. The van der Waals surface area contributed by atoms with Gasteiger partial charge in [0.2, 0.25) is 10.0 Å². The molecule has 1 saturated carbocycles. The van der Waals surface area contributed by atoms with E-state index < -0.39 is 28.7 Å². The van der Waals surface area contributed by atoms with Crippen molar-refractivity contribution in [3.05, 3.63) is 59.7 Å². The molecule has 2 aliphatic rings. The molecule has 4 unspecified atom stereocenters. The van der Waals surface area contributed by atoms with Gasteiger partial charge in [0.15, 0.2) is 18.1 Å². The lowest BCUT2D eigenvalue weighted by molar-refractivity contribution is -0.139. The topological polar surface area (TPSA) is 122 Å². The lowest BCUT2D eigenvalue weighted by atomic mass is 9.88. The van der Waals surface area contributed by atoms with Gasteiger partial charge in [-0.25, -0.2) is 17.9 Å². The number of hydrogen-bond acceptors (Lipinski definition) is 6. The summed E-state index contributed by atoms with van der Waals surface area (Å²) in [5, 5.41) is 19.4. The number of fused-ring (bicyclic) bond motifs is 3. The van der Waals surface area contributed by atoms with E-state index in [4.69, 9.17) is 14.6 Å². The molecule has 0 bridgehead atoms. The van der Waals surface area contributed by atoms with Crippen LogP contribution in [0.2, 0.25) is 0 Å². The van der Waals surface area contributed by atoms with Gasteiger partial charge in [-0.05, 0) is 18.1 Å². The summed E-state index contributed by atoms with van der Waals surface area (Å²) >= 11 is 0. The van der Waals surface area contributed by atoms with Crippen LogP contribution >= 0.6 is 0 Å². The van der Waals surface area contributed by atoms with E-state index in [-0.39, 0.29) is 30.2 Å². The van der Waals surface area contributed by atoms with E-state index >= 15 is 0 Å². The molecule has 0 amide bonds. The third kappa shape index (κ3) is 4.84. The molecule has 2 aromatic carbocycles. The quantitative estimate of drug-likeness (QED) is 0.533. The van der Waals surface area contributed by atoms with Crippen LogP contribution in [-0.4, -0.2) is 55.7 Å². The maximum absolute atomic E-state index is 12.5. The Kier molecular flexibility index (Phi) is 6.17. The number of aliphatic hydroxyl groups excluding tert-OH is 1. The molecule has 1 aliphatic carbocycles. The molecule has 2 aromatic rings. The van der Waals surface area contributed by atoms with Crippen molar-refractivity contribution in [1.82, 2.24) is 4.72 Å². The molecule has 4 rings (SSSR count). The van der Waals surface area contributed by atoms with Crippen molar-refractivity contribution in [2.75, 3.05) is 18.9 Å². The molecule has 0 saturated heterocycles. The Morgan fingerprint density at radius 3 is 2.68 bits per heavy atom. The molecule has 166 valence electrons. The number of rotatable bonds is 9. The first-order valence-corrected chi connectivity index (χ1v) is 11.8. The van der Waals surface area contributed by atoms with Crippen LogP contribution in [0, 0.1) is 5.92 Å². The van der Waals surface area contributed by atoms with Gasteiger partial charge in [-0.15, -0.1) is 0 Å². The van der Waals surface area contributed by atoms with Crippen molar-refractivity contribution >= 4 is 16.0 Å². The van der Waals surface area contributed by atoms with E-state index in [1.165, 1.54) is 0 Å². The van der Waals surface area contributed by atoms with Crippen molar-refractivity contribution in [1.29, 1.82) is 0 Å². The molecule has 31 heavy (non-hydrogen) atoms. The third-order valence-corrected chi connectivity index (χ3v) is 7.21. The maximum Gasteiger partial charge on any atom is 0.341 e. The number of carbonyl (C=O) groups is 1.